The van der Waals surface area contributed by atoms with Crippen molar-refractivity contribution in [2.75, 3.05) is 0 Å². The predicted molar refractivity (Wildman–Crippen MR) is 101 cm³/mol. The molecule has 22 heavy (non-hydrogen) atoms. The van der Waals surface area contributed by atoms with Crippen LogP contribution in [0.4, 0.5) is 0 Å². The maximum Gasteiger partial charge on any atom is 0.158 e. The molecule has 5 heteroatoms. The van der Waals surface area contributed by atoms with Crippen LogP contribution in [0, 0.1) is 0 Å². The van der Waals surface area contributed by atoms with Crippen molar-refractivity contribution < 1.29 is 4.79 Å². The lowest BCUT2D eigenvalue weighted by atomic mass is 10.1. The second kappa shape index (κ2) is 7.37. The summed E-state index contributed by atoms with van der Waals surface area (Å²) in [6, 6.07) is 10.3. The number of benzene rings is 1. The maximum atomic E-state index is 11.6. The largest absolute Gasteiger partial charge is 0.350 e. The van der Waals surface area contributed by atoms with Gasteiger partial charge in [-0.3, -0.25) is 4.79 Å². The molecule has 0 aliphatic carbocycles. The summed E-state index contributed by atoms with van der Waals surface area (Å²) in [7, 11) is -3.11. The number of carbonyl (C=O) groups excluding carboxylic acids is 1. The van der Waals surface area contributed by atoms with Gasteiger partial charge < -0.3 is 4.34 Å². The summed E-state index contributed by atoms with van der Waals surface area (Å²) in [5, 5.41) is 5.01. The number of ketones is 1. The van der Waals surface area contributed by atoms with Crippen LogP contribution in [-0.2, 0) is 11.2 Å². The molecule has 0 unspecified atom stereocenters. The maximum absolute atomic E-state index is 11.6. The third-order valence-corrected chi connectivity index (χ3v) is 9.98. The highest BCUT2D eigenvalue weighted by Gasteiger charge is 2.34. The molecule has 0 saturated heterocycles. The van der Waals surface area contributed by atoms with Crippen molar-refractivity contribution in [3.63, 3.8) is 0 Å². The highest BCUT2D eigenvalue weighted by atomic mass is 28.4. The molecule has 0 heterocycles. The molecule has 0 radical (unpaired) electrons. The second-order valence-corrected chi connectivity index (χ2v) is 17.8. The van der Waals surface area contributed by atoms with E-state index in [1.807, 2.05) is 18.2 Å². The summed E-state index contributed by atoms with van der Waals surface area (Å²) in [6.45, 7) is 15.6. The first-order valence-corrected chi connectivity index (χ1v) is 14.8. The van der Waals surface area contributed by atoms with E-state index in [4.69, 9.17) is 5.10 Å². The zero-order chi connectivity index (χ0) is 17.0. The van der Waals surface area contributed by atoms with Gasteiger partial charge in [0.05, 0.1) is 0 Å². The quantitative estimate of drug-likeness (QED) is 0.417. The van der Waals surface area contributed by atoms with Crippen LogP contribution in [-0.4, -0.2) is 32.3 Å². The number of Topliss-reactive ketones (excluding diaryl/α,β-unsaturated/α-hetero) is 1. The Morgan fingerprint density at radius 2 is 1.50 bits per heavy atom. The molecule has 0 bridgehead atoms. The zero-order valence-corrected chi connectivity index (χ0v) is 17.1. The summed E-state index contributed by atoms with van der Waals surface area (Å²) in [5.41, 5.74) is 2.21. The van der Waals surface area contributed by atoms with Gasteiger partial charge in [-0.15, -0.1) is 0 Å². The standard InChI is InChI=1S/C17H30N2OSi2/c1-15(20)13-17(14-16-11-9-8-10-12-16)18-19(21(2,3)4)22(5,6)7/h8-12H,13-14H2,1-7H3. The molecule has 122 valence electrons. The molecule has 1 rings (SSSR count). The summed E-state index contributed by atoms with van der Waals surface area (Å²) in [5.74, 6) is 0.181. The Bertz CT molecular complexity index is 514. The lowest BCUT2D eigenvalue weighted by molar-refractivity contribution is -0.115. The first kappa shape index (κ1) is 18.8. The van der Waals surface area contributed by atoms with E-state index in [1.54, 1.807) is 6.92 Å². The fraction of sp³-hybridized carbons (Fsp3) is 0.529. The monoisotopic (exact) mass is 334 g/mol. The molecule has 1 aromatic rings. The van der Waals surface area contributed by atoms with E-state index < -0.39 is 16.5 Å². The SMILES string of the molecule is CC(=O)CC(Cc1ccccc1)=NN([Si](C)(C)C)[Si](C)(C)C. The summed E-state index contributed by atoms with van der Waals surface area (Å²) in [4.78, 5) is 11.6. The minimum atomic E-state index is -1.56. The Kier molecular flexibility index (Phi) is 6.31. The first-order chi connectivity index (χ1) is 10.00. The number of hydrogen-bond donors (Lipinski definition) is 0. The minimum Gasteiger partial charge on any atom is -0.350 e. The smallest absolute Gasteiger partial charge is 0.158 e. The molecule has 3 nitrogen and oxygen atoms in total. The zero-order valence-electron chi connectivity index (χ0n) is 15.1. The fourth-order valence-electron chi connectivity index (χ4n) is 2.70. The summed E-state index contributed by atoms with van der Waals surface area (Å²) < 4.78 is 2.39. The predicted octanol–water partition coefficient (Wildman–Crippen LogP) is 4.54. The molecule has 0 amide bonds. The van der Waals surface area contributed by atoms with Crippen LogP contribution >= 0.6 is 0 Å². The topological polar surface area (TPSA) is 32.7 Å². The van der Waals surface area contributed by atoms with Crippen LogP contribution in [0.2, 0.25) is 39.3 Å². The number of hydrogen-bond acceptors (Lipinski definition) is 3. The Hall–Kier alpha value is -1.21. The van der Waals surface area contributed by atoms with Gasteiger partial charge >= 0.3 is 0 Å². The number of carbonyl (C=O) groups is 1. The average molecular weight is 335 g/mol. The molecule has 0 N–H and O–H groups in total. The van der Waals surface area contributed by atoms with Crippen molar-refractivity contribution in [2.24, 2.45) is 5.10 Å². The highest BCUT2D eigenvalue weighted by molar-refractivity contribution is 6.89. The van der Waals surface area contributed by atoms with Crippen LogP contribution in [0.3, 0.4) is 0 Å². The van der Waals surface area contributed by atoms with E-state index in [1.165, 1.54) is 5.56 Å². The number of rotatable bonds is 7. The Morgan fingerprint density at radius 3 is 1.91 bits per heavy atom. The van der Waals surface area contributed by atoms with E-state index in [2.05, 4.69) is 55.8 Å². The van der Waals surface area contributed by atoms with Gasteiger partial charge in [0, 0.05) is 18.6 Å². The molecule has 0 spiro atoms. The van der Waals surface area contributed by atoms with Gasteiger partial charge in [0.25, 0.3) is 0 Å². The molecule has 0 atom stereocenters. The highest BCUT2D eigenvalue weighted by Crippen LogP contribution is 2.21. The van der Waals surface area contributed by atoms with Gasteiger partial charge in [0.1, 0.15) is 5.78 Å². The summed E-state index contributed by atoms with van der Waals surface area (Å²) >= 11 is 0. The number of nitrogens with zero attached hydrogens (tertiary/aromatic N) is 2. The lowest BCUT2D eigenvalue weighted by Gasteiger charge is -2.42. The van der Waals surface area contributed by atoms with Crippen LogP contribution in [0.15, 0.2) is 35.4 Å². The Balaban J connectivity index is 3.15. The van der Waals surface area contributed by atoms with Crippen molar-refractivity contribution in [1.82, 2.24) is 4.34 Å². The molecule has 1 aromatic carbocycles. The normalized spacial score (nSPS) is 13.1. The number of hydrazone groups is 1. The van der Waals surface area contributed by atoms with Crippen molar-refractivity contribution >= 4 is 28.0 Å². The minimum absolute atomic E-state index is 0.181. The van der Waals surface area contributed by atoms with E-state index >= 15 is 0 Å². The average Bonchev–Trinajstić information content (AvgIpc) is 2.33. The molecule has 0 aliphatic rings. The van der Waals surface area contributed by atoms with Crippen molar-refractivity contribution in [3.8, 4) is 0 Å². The van der Waals surface area contributed by atoms with Gasteiger partial charge in [-0.05, 0) is 12.5 Å². The van der Waals surface area contributed by atoms with E-state index in [-0.39, 0.29) is 5.78 Å². The van der Waals surface area contributed by atoms with Gasteiger partial charge in [0.2, 0.25) is 0 Å². The van der Waals surface area contributed by atoms with Gasteiger partial charge in [-0.25, -0.2) is 5.10 Å². The van der Waals surface area contributed by atoms with Crippen LogP contribution < -0.4 is 0 Å². The van der Waals surface area contributed by atoms with Gasteiger partial charge in [0.15, 0.2) is 16.5 Å². The third-order valence-electron chi connectivity index (χ3n) is 3.22. The Morgan fingerprint density at radius 1 is 1.00 bits per heavy atom. The first-order valence-electron chi connectivity index (χ1n) is 7.90. The van der Waals surface area contributed by atoms with Gasteiger partial charge in [-0.1, -0.05) is 69.6 Å². The molecule has 0 saturated carbocycles. The fourth-order valence-corrected chi connectivity index (χ4v) is 11.6. The van der Waals surface area contributed by atoms with Crippen LogP contribution in [0.1, 0.15) is 18.9 Å². The van der Waals surface area contributed by atoms with Crippen molar-refractivity contribution in [1.29, 1.82) is 0 Å². The molecular formula is C17H30N2OSi2. The van der Waals surface area contributed by atoms with Crippen molar-refractivity contribution in [3.05, 3.63) is 35.9 Å². The van der Waals surface area contributed by atoms with Crippen molar-refractivity contribution in [2.45, 2.75) is 59.0 Å². The molecule has 0 aromatic heterocycles. The second-order valence-electron chi connectivity index (χ2n) is 7.86. The lowest BCUT2D eigenvalue weighted by Crippen LogP contribution is -2.56. The van der Waals surface area contributed by atoms with Gasteiger partial charge in [-0.2, -0.15) is 0 Å². The summed E-state index contributed by atoms with van der Waals surface area (Å²) in [6.07, 6.45) is 1.20. The molecular weight excluding hydrogens is 304 g/mol. The van der Waals surface area contributed by atoms with Crippen LogP contribution in [0.5, 0.6) is 0 Å². The van der Waals surface area contributed by atoms with E-state index in [0.717, 1.165) is 12.1 Å². The molecule has 0 fully saturated rings. The van der Waals surface area contributed by atoms with E-state index in [0.29, 0.717) is 6.42 Å². The van der Waals surface area contributed by atoms with E-state index in [9.17, 15) is 4.79 Å². The third kappa shape index (κ3) is 6.28. The molecule has 0 aliphatic heterocycles. The van der Waals surface area contributed by atoms with Crippen LogP contribution in [0.25, 0.3) is 0 Å². The Labute approximate surface area is 137 Å².